The predicted octanol–water partition coefficient (Wildman–Crippen LogP) is 0.760. The third-order valence-corrected chi connectivity index (χ3v) is 2.11. The van der Waals surface area contributed by atoms with Crippen LogP contribution in [0.3, 0.4) is 0 Å². The summed E-state index contributed by atoms with van der Waals surface area (Å²) in [6, 6.07) is 0. The van der Waals surface area contributed by atoms with E-state index in [1.807, 2.05) is 0 Å². The molecule has 0 atom stereocenters. The highest BCUT2D eigenvalue weighted by Gasteiger charge is 2.25. The lowest BCUT2D eigenvalue weighted by Crippen LogP contribution is -2.26. The Morgan fingerprint density at radius 2 is 2.44 bits per heavy atom. The summed E-state index contributed by atoms with van der Waals surface area (Å²) in [6.45, 7) is 3.34. The molecule has 16 heavy (non-hydrogen) atoms. The van der Waals surface area contributed by atoms with Crippen LogP contribution in [0.5, 0.6) is 0 Å². The van der Waals surface area contributed by atoms with Crippen molar-refractivity contribution < 1.29 is 18.8 Å². The van der Waals surface area contributed by atoms with Crippen molar-refractivity contribution in [1.29, 1.82) is 0 Å². The minimum atomic E-state index is -0.422. The summed E-state index contributed by atoms with van der Waals surface area (Å²) in [7, 11) is 0. The van der Waals surface area contributed by atoms with E-state index in [1.54, 1.807) is 6.92 Å². The highest BCUT2D eigenvalue weighted by atomic mass is 16.5. The fraction of sp³-hybridized carbons (Fsp3) is 0.500. The van der Waals surface area contributed by atoms with Crippen LogP contribution in [0.4, 0.5) is 0 Å². The van der Waals surface area contributed by atoms with E-state index in [9.17, 15) is 4.79 Å². The van der Waals surface area contributed by atoms with Gasteiger partial charge in [-0.05, 0) is 6.92 Å². The van der Waals surface area contributed by atoms with Crippen LogP contribution in [0.2, 0.25) is 0 Å². The maximum absolute atomic E-state index is 11.0. The average Bonchev–Trinajstić information content (AvgIpc) is 2.61. The van der Waals surface area contributed by atoms with Gasteiger partial charge in [0.25, 0.3) is 5.89 Å². The fourth-order valence-corrected chi connectivity index (χ4v) is 1.20. The van der Waals surface area contributed by atoms with Gasteiger partial charge in [0.1, 0.15) is 0 Å². The summed E-state index contributed by atoms with van der Waals surface area (Å²) >= 11 is 0. The first-order valence-corrected chi connectivity index (χ1v) is 5.05. The molecule has 1 aliphatic rings. The second-order valence-electron chi connectivity index (χ2n) is 3.31. The van der Waals surface area contributed by atoms with Crippen LogP contribution in [0.15, 0.2) is 10.6 Å². The van der Waals surface area contributed by atoms with Crippen LogP contribution < -0.4 is 0 Å². The smallest absolute Gasteiger partial charge is 0.330 e. The molecule has 6 heteroatoms. The molecule has 1 saturated heterocycles. The summed E-state index contributed by atoms with van der Waals surface area (Å²) in [6.07, 6.45) is 2.70. The number of nitrogens with zero attached hydrogens (tertiary/aromatic N) is 2. The molecule has 2 heterocycles. The van der Waals surface area contributed by atoms with E-state index >= 15 is 0 Å². The third-order valence-electron chi connectivity index (χ3n) is 2.11. The second-order valence-corrected chi connectivity index (χ2v) is 3.31. The first kappa shape index (κ1) is 10.8. The van der Waals surface area contributed by atoms with Crippen LogP contribution in [-0.4, -0.2) is 35.9 Å². The minimum Gasteiger partial charge on any atom is -0.463 e. The first-order chi connectivity index (χ1) is 7.79. The molecule has 86 valence electrons. The van der Waals surface area contributed by atoms with Gasteiger partial charge in [-0.1, -0.05) is 5.16 Å². The van der Waals surface area contributed by atoms with E-state index in [2.05, 4.69) is 10.1 Å². The maximum Gasteiger partial charge on any atom is 0.330 e. The molecule has 0 spiro atoms. The van der Waals surface area contributed by atoms with E-state index < -0.39 is 5.97 Å². The quantitative estimate of drug-likeness (QED) is 0.555. The molecule has 6 nitrogen and oxygen atoms in total. The molecule has 1 aromatic heterocycles. The molecule has 0 aliphatic carbocycles. The van der Waals surface area contributed by atoms with Crippen molar-refractivity contribution in [3.8, 4) is 0 Å². The monoisotopic (exact) mass is 224 g/mol. The first-order valence-electron chi connectivity index (χ1n) is 5.05. The predicted molar refractivity (Wildman–Crippen MR) is 53.5 cm³/mol. The van der Waals surface area contributed by atoms with Crippen molar-refractivity contribution in [3.05, 3.63) is 17.8 Å². The van der Waals surface area contributed by atoms with Gasteiger partial charge in [-0.15, -0.1) is 0 Å². The number of hydrogen-bond donors (Lipinski definition) is 0. The minimum absolute atomic E-state index is 0.216. The Balaban J connectivity index is 1.94. The summed E-state index contributed by atoms with van der Waals surface area (Å²) in [4.78, 5) is 15.1. The summed E-state index contributed by atoms with van der Waals surface area (Å²) < 4.78 is 14.7. The van der Waals surface area contributed by atoms with Gasteiger partial charge in [0, 0.05) is 12.2 Å². The SMILES string of the molecule is CCOC(=O)/C=C/c1nc(C2COC2)no1. The van der Waals surface area contributed by atoms with Gasteiger partial charge in [0.15, 0.2) is 5.82 Å². The zero-order valence-corrected chi connectivity index (χ0v) is 8.88. The summed E-state index contributed by atoms with van der Waals surface area (Å²) in [5.41, 5.74) is 0. The van der Waals surface area contributed by atoms with Crippen LogP contribution in [0.25, 0.3) is 6.08 Å². The molecule has 1 fully saturated rings. The van der Waals surface area contributed by atoms with Crippen molar-refractivity contribution in [2.24, 2.45) is 0 Å². The van der Waals surface area contributed by atoms with Crippen molar-refractivity contribution in [2.75, 3.05) is 19.8 Å². The largest absolute Gasteiger partial charge is 0.463 e. The normalized spacial score (nSPS) is 16.3. The highest BCUT2D eigenvalue weighted by molar-refractivity contribution is 5.86. The van der Waals surface area contributed by atoms with Gasteiger partial charge in [-0.25, -0.2) is 4.79 Å². The molecule has 0 saturated carbocycles. The number of carbonyl (C=O) groups excluding carboxylic acids is 1. The van der Waals surface area contributed by atoms with E-state index in [0.29, 0.717) is 31.5 Å². The van der Waals surface area contributed by atoms with Gasteiger partial charge in [-0.3, -0.25) is 0 Å². The molecular weight excluding hydrogens is 212 g/mol. The molecule has 0 aromatic carbocycles. The van der Waals surface area contributed by atoms with E-state index in [4.69, 9.17) is 14.0 Å². The molecule has 1 aliphatic heterocycles. The van der Waals surface area contributed by atoms with Crippen molar-refractivity contribution in [3.63, 3.8) is 0 Å². The lowest BCUT2D eigenvalue weighted by Gasteiger charge is -2.21. The molecule has 0 bridgehead atoms. The van der Waals surface area contributed by atoms with Crippen molar-refractivity contribution in [1.82, 2.24) is 10.1 Å². The van der Waals surface area contributed by atoms with Gasteiger partial charge < -0.3 is 14.0 Å². The van der Waals surface area contributed by atoms with E-state index in [-0.39, 0.29) is 5.92 Å². The highest BCUT2D eigenvalue weighted by Crippen LogP contribution is 2.20. The molecule has 0 N–H and O–H groups in total. The lowest BCUT2D eigenvalue weighted by molar-refractivity contribution is -0.137. The molecule has 2 rings (SSSR count). The van der Waals surface area contributed by atoms with Gasteiger partial charge >= 0.3 is 5.97 Å². The summed E-state index contributed by atoms with van der Waals surface area (Å²) in [5, 5.41) is 3.79. The summed E-state index contributed by atoms with van der Waals surface area (Å²) in [5.74, 6) is 0.715. The third kappa shape index (κ3) is 2.46. The van der Waals surface area contributed by atoms with E-state index in [0.717, 1.165) is 0 Å². The Morgan fingerprint density at radius 3 is 3.06 bits per heavy atom. The topological polar surface area (TPSA) is 74.5 Å². The Bertz CT molecular complexity index is 395. The Kier molecular flexibility index (Phi) is 3.31. The number of esters is 1. The van der Waals surface area contributed by atoms with Crippen LogP contribution in [0, 0.1) is 0 Å². The zero-order chi connectivity index (χ0) is 11.4. The number of aromatic nitrogens is 2. The van der Waals surface area contributed by atoms with Crippen LogP contribution in [0.1, 0.15) is 24.6 Å². The van der Waals surface area contributed by atoms with Crippen molar-refractivity contribution >= 4 is 12.0 Å². The van der Waals surface area contributed by atoms with E-state index in [1.165, 1.54) is 12.2 Å². The van der Waals surface area contributed by atoms with Gasteiger partial charge in [0.2, 0.25) is 0 Å². The average molecular weight is 224 g/mol. The Labute approximate surface area is 92.2 Å². The number of hydrogen-bond acceptors (Lipinski definition) is 6. The number of carbonyl (C=O) groups is 1. The lowest BCUT2D eigenvalue weighted by atomic mass is 10.1. The standard InChI is InChI=1S/C10H12N2O4/c1-2-15-9(13)4-3-8-11-10(12-16-8)7-5-14-6-7/h3-4,7H,2,5-6H2,1H3/b4-3+. The molecule has 0 unspecified atom stereocenters. The molecule has 0 amide bonds. The van der Waals surface area contributed by atoms with Crippen LogP contribution in [-0.2, 0) is 14.3 Å². The van der Waals surface area contributed by atoms with Crippen molar-refractivity contribution in [2.45, 2.75) is 12.8 Å². The maximum atomic E-state index is 11.0. The van der Waals surface area contributed by atoms with Crippen LogP contribution >= 0.6 is 0 Å². The van der Waals surface area contributed by atoms with Gasteiger partial charge in [-0.2, -0.15) is 4.98 Å². The van der Waals surface area contributed by atoms with Gasteiger partial charge in [0.05, 0.1) is 25.7 Å². The fourth-order valence-electron chi connectivity index (χ4n) is 1.20. The second kappa shape index (κ2) is 4.89. The molecule has 0 radical (unpaired) electrons. The zero-order valence-electron chi connectivity index (χ0n) is 8.88. The Hall–Kier alpha value is -1.69. The number of rotatable bonds is 4. The Morgan fingerprint density at radius 1 is 1.62 bits per heavy atom. The number of ether oxygens (including phenoxy) is 2. The molecular formula is C10H12N2O4. The molecule has 1 aromatic rings.